The Morgan fingerprint density at radius 3 is 2.16 bits per heavy atom. The molecule has 1 aliphatic heterocycles. The van der Waals surface area contributed by atoms with E-state index < -0.39 is 30.0 Å². The topological polar surface area (TPSA) is 69.7 Å². The van der Waals surface area contributed by atoms with Crippen molar-refractivity contribution in [1.82, 2.24) is 4.98 Å². The van der Waals surface area contributed by atoms with Gasteiger partial charge in [0.1, 0.15) is 5.60 Å². The van der Waals surface area contributed by atoms with Crippen LogP contribution < -0.4 is 10.1 Å². The molecule has 0 atom stereocenters. The summed E-state index contributed by atoms with van der Waals surface area (Å²) < 4.78 is 18.4. The maximum absolute atomic E-state index is 12.2. The Hall–Kier alpha value is -1.12. The second-order valence-corrected chi connectivity index (χ2v) is 9.99. The van der Waals surface area contributed by atoms with Gasteiger partial charge in [0.05, 0.1) is 16.0 Å². The third-order valence-electron chi connectivity index (χ3n) is 5.37. The Morgan fingerprint density at radius 1 is 1.16 bits per heavy atom. The molecule has 0 unspecified atom stereocenters. The number of amides is 1. The fourth-order valence-electron chi connectivity index (χ4n) is 1.91. The first kappa shape index (κ1) is 20.2. The Labute approximate surface area is 154 Å². The van der Waals surface area contributed by atoms with E-state index in [1.807, 2.05) is 62.3 Å². The zero-order chi connectivity index (χ0) is 19.3. The molecule has 1 aliphatic rings. The molecule has 0 radical (unpaired) electrons. The molecule has 1 amide bonds. The number of aromatic nitrogens is 1. The fourth-order valence-corrected chi connectivity index (χ4v) is 2.67. The number of nitrogens with one attached hydrogen (secondary N) is 1. The second kappa shape index (κ2) is 6.25. The Morgan fingerprint density at radius 2 is 1.68 bits per heavy atom. The van der Waals surface area contributed by atoms with Crippen molar-refractivity contribution in [1.29, 1.82) is 0 Å². The Kier molecular flexibility index (Phi) is 5.05. The molecule has 2 heterocycles. The Bertz CT molecular complexity index is 633. The maximum atomic E-state index is 12.2. The summed E-state index contributed by atoms with van der Waals surface area (Å²) in [6.45, 7) is 17.9. The minimum atomic E-state index is -0.608. The summed E-state index contributed by atoms with van der Waals surface area (Å²) in [5, 5.41) is 3.15. The highest BCUT2D eigenvalue weighted by Gasteiger charge is 2.52. The molecule has 0 saturated carbocycles. The van der Waals surface area contributed by atoms with Crippen molar-refractivity contribution in [2.24, 2.45) is 5.41 Å². The Balaban J connectivity index is 2.02. The molecule has 0 aromatic carbocycles. The first-order valence-electron chi connectivity index (χ1n) is 8.46. The average Bonchev–Trinajstić information content (AvgIpc) is 2.90. The lowest BCUT2D eigenvalue weighted by Crippen LogP contribution is -2.42. The SMILES string of the molecule is CC(C)(C)C(C)(C)OC(=O)Nc1ncc(B2OC(C)(C)C(C)(C)O2)s1. The van der Waals surface area contributed by atoms with Crippen LogP contribution in [0.25, 0.3) is 0 Å². The summed E-state index contributed by atoms with van der Waals surface area (Å²) in [6.07, 6.45) is 1.15. The third-order valence-corrected chi connectivity index (χ3v) is 6.31. The van der Waals surface area contributed by atoms with Crippen molar-refractivity contribution in [3.8, 4) is 0 Å². The van der Waals surface area contributed by atoms with Gasteiger partial charge in [0.15, 0.2) is 5.13 Å². The summed E-state index contributed by atoms with van der Waals surface area (Å²) in [5.41, 5.74) is -1.61. The van der Waals surface area contributed by atoms with Crippen LogP contribution in [0, 0.1) is 5.41 Å². The fraction of sp³-hybridized carbons (Fsp3) is 0.765. The number of nitrogens with zero attached hydrogens (tertiary/aromatic N) is 1. The third kappa shape index (κ3) is 4.18. The number of hydrogen-bond acceptors (Lipinski definition) is 6. The van der Waals surface area contributed by atoms with Crippen molar-refractivity contribution in [3.63, 3.8) is 0 Å². The van der Waals surface area contributed by atoms with Crippen LogP contribution in [0.15, 0.2) is 6.20 Å². The predicted octanol–water partition coefficient (Wildman–Crippen LogP) is 3.82. The molecular formula is C17H29BN2O4S. The van der Waals surface area contributed by atoms with Gasteiger partial charge in [0.25, 0.3) is 0 Å². The van der Waals surface area contributed by atoms with Crippen molar-refractivity contribution >= 4 is 34.5 Å². The van der Waals surface area contributed by atoms with Crippen LogP contribution in [-0.2, 0) is 14.0 Å². The lowest BCUT2D eigenvalue weighted by molar-refractivity contribution is -0.0332. The monoisotopic (exact) mass is 368 g/mol. The van der Waals surface area contributed by atoms with Crippen LogP contribution in [0.2, 0.25) is 0 Å². The second-order valence-electron chi connectivity index (χ2n) is 8.93. The molecule has 8 heteroatoms. The number of ether oxygens (including phenoxy) is 1. The first-order chi connectivity index (χ1) is 11.1. The van der Waals surface area contributed by atoms with Crippen molar-refractivity contribution in [3.05, 3.63) is 6.20 Å². The molecule has 0 spiro atoms. The number of thiazole rings is 1. The molecule has 140 valence electrons. The van der Waals surface area contributed by atoms with Gasteiger partial charge < -0.3 is 14.0 Å². The largest absolute Gasteiger partial charge is 0.507 e. The van der Waals surface area contributed by atoms with Crippen LogP contribution in [0.5, 0.6) is 0 Å². The summed E-state index contributed by atoms with van der Waals surface area (Å²) >= 11 is 1.32. The minimum Gasteiger partial charge on any atom is -0.443 e. The van der Waals surface area contributed by atoms with Crippen LogP contribution >= 0.6 is 11.3 Å². The van der Waals surface area contributed by atoms with Gasteiger partial charge >= 0.3 is 13.2 Å². The van der Waals surface area contributed by atoms with Gasteiger partial charge in [-0.1, -0.05) is 20.8 Å². The highest BCUT2D eigenvalue weighted by molar-refractivity contribution is 7.25. The van der Waals surface area contributed by atoms with Crippen LogP contribution in [0.4, 0.5) is 9.93 Å². The number of anilines is 1. The van der Waals surface area contributed by atoms with Gasteiger partial charge in [-0.25, -0.2) is 9.78 Å². The van der Waals surface area contributed by atoms with E-state index in [1.165, 1.54) is 11.3 Å². The van der Waals surface area contributed by atoms with E-state index in [2.05, 4.69) is 10.3 Å². The maximum Gasteiger partial charge on any atom is 0.507 e. The lowest BCUT2D eigenvalue weighted by atomic mass is 9.79. The van der Waals surface area contributed by atoms with Gasteiger partial charge in [-0.3, -0.25) is 5.32 Å². The number of rotatable bonds is 3. The van der Waals surface area contributed by atoms with Crippen molar-refractivity contribution in [2.45, 2.75) is 79.1 Å². The van der Waals surface area contributed by atoms with Crippen molar-refractivity contribution in [2.75, 3.05) is 5.32 Å². The molecule has 1 fully saturated rings. The molecule has 0 bridgehead atoms. The molecule has 1 saturated heterocycles. The first-order valence-corrected chi connectivity index (χ1v) is 9.28. The smallest absolute Gasteiger partial charge is 0.443 e. The van der Waals surface area contributed by atoms with E-state index in [0.29, 0.717) is 5.13 Å². The molecule has 1 aromatic heterocycles. The van der Waals surface area contributed by atoms with E-state index in [1.54, 1.807) is 6.20 Å². The summed E-state index contributed by atoms with van der Waals surface area (Å²) in [6, 6.07) is 0. The number of carbonyl (C=O) groups is 1. The van der Waals surface area contributed by atoms with E-state index >= 15 is 0 Å². The predicted molar refractivity (Wildman–Crippen MR) is 101 cm³/mol. The molecular weight excluding hydrogens is 339 g/mol. The van der Waals surface area contributed by atoms with E-state index in [9.17, 15) is 4.79 Å². The average molecular weight is 368 g/mol. The van der Waals surface area contributed by atoms with Crippen molar-refractivity contribution < 1.29 is 18.8 Å². The van der Waals surface area contributed by atoms with Gasteiger partial charge in [-0.15, -0.1) is 11.3 Å². The summed E-state index contributed by atoms with van der Waals surface area (Å²) in [4.78, 5) is 16.4. The van der Waals surface area contributed by atoms with E-state index in [0.717, 1.165) is 4.78 Å². The zero-order valence-electron chi connectivity index (χ0n) is 16.6. The zero-order valence-corrected chi connectivity index (χ0v) is 17.5. The normalized spacial score (nSPS) is 19.8. The molecule has 2 rings (SSSR count). The van der Waals surface area contributed by atoms with Gasteiger partial charge in [-0.2, -0.15) is 0 Å². The molecule has 1 aromatic rings. The van der Waals surface area contributed by atoms with Crippen LogP contribution in [0.1, 0.15) is 62.3 Å². The summed E-state index contributed by atoms with van der Waals surface area (Å²) in [7, 11) is -0.486. The minimum absolute atomic E-state index is 0.179. The van der Waals surface area contributed by atoms with Gasteiger partial charge in [-0.05, 0) is 41.5 Å². The van der Waals surface area contributed by atoms with Gasteiger partial charge in [0, 0.05) is 11.6 Å². The highest BCUT2D eigenvalue weighted by Crippen LogP contribution is 2.37. The molecule has 6 nitrogen and oxygen atoms in total. The van der Waals surface area contributed by atoms with E-state index in [4.69, 9.17) is 14.0 Å². The summed E-state index contributed by atoms with van der Waals surface area (Å²) in [5.74, 6) is 0. The molecule has 0 aliphatic carbocycles. The standard InChI is InChI=1S/C17H29BN2O4S/c1-14(2,3)15(4,5)22-13(21)20-12-19-10-11(25-12)18-23-16(6,7)17(8,9)24-18/h10H,1-9H3,(H,19,20,21). The highest BCUT2D eigenvalue weighted by atomic mass is 32.1. The van der Waals surface area contributed by atoms with Gasteiger partial charge in [0.2, 0.25) is 0 Å². The lowest BCUT2D eigenvalue weighted by Gasteiger charge is -2.37. The van der Waals surface area contributed by atoms with Crippen LogP contribution in [0.3, 0.4) is 0 Å². The van der Waals surface area contributed by atoms with E-state index in [-0.39, 0.29) is 5.41 Å². The molecule has 25 heavy (non-hydrogen) atoms. The van der Waals surface area contributed by atoms with Crippen LogP contribution in [-0.4, -0.2) is 35.0 Å². The quantitative estimate of drug-likeness (QED) is 0.822. The number of hydrogen-bond donors (Lipinski definition) is 1. The number of carbonyl (C=O) groups excluding carboxylic acids is 1. The molecule has 1 N–H and O–H groups in total.